The van der Waals surface area contributed by atoms with Crippen molar-refractivity contribution in [3.05, 3.63) is 51.0 Å². The van der Waals surface area contributed by atoms with Crippen LogP contribution in [0, 0.1) is 18.7 Å². The zero-order valence-electron chi connectivity index (χ0n) is 15.1. The van der Waals surface area contributed by atoms with E-state index < -0.39 is 0 Å². The Bertz CT molecular complexity index is 856. The molecule has 3 rings (SSSR count). The molecule has 0 fully saturated rings. The fourth-order valence-electron chi connectivity index (χ4n) is 3.36. The van der Waals surface area contributed by atoms with Gasteiger partial charge in [0, 0.05) is 17.4 Å². The van der Waals surface area contributed by atoms with Gasteiger partial charge in [0.05, 0.1) is 23.0 Å². The van der Waals surface area contributed by atoms with E-state index in [1.54, 1.807) is 13.0 Å². The lowest BCUT2D eigenvalue weighted by Gasteiger charge is -2.37. The van der Waals surface area contributed by atoms with Crippen LogP contribution >= 0.6 is 15.9 Å². The number of halogens is 2. The van der Waals surface area contributed by atoms with Crippen molar-refractivity contribution in [1.82, 2.24) is 14.9 Å². The summed E-state index contributed by atoms with van der Waals surface area (Å²) in [5, 5.41) is 0. The molecule has 0 saturated carbocycles. The highest BCUT2D eigenvalue weighted by atomic mass is 79.9. The molecule has 1 amide bonds. The molecule has 0 aliphatic carbocycles. The van der Waals surface area contributed by atoms with Crippen LogP contribution in [0.2, 0.25) is 0 Å². The minimum absolute atomic E-state index is 0.0920. The van der Waals surface area contributed by atoms with Crippen LogP contribution in [0.25, 0.3) is 0 Å². The van der Waals surface area contributed by atoms with Crippen LogP contribution in [-0.4, -0.2) is 27.3 Å². The average molecular weight is 421 g/mol. The number of nitrogens with two attached hydrogens (primary N) is 1. The third kappa shape index (κ3) is 3.58. The third-order valence-electron chi connectivity index (χ3n) is 4.69. The van der Waals surface area contributed by atoms with Crippen molar-refractivity contribution >= 4 is 27.8 Å². The Morgan fingerprint density at radius 2 is 2.12 bits per heavy atom. The summed E-state index contributed by atoms with van der Waals surface area (Å²) in [7, 11) is 0. The molecule has 0 radical (unpaired) electrons. The molecule has 2 N–H and O–H groups in total. The minimum Gasteiger partial charge on any atom is -0.368 e. The number of fused-ring (bicyclic) bond motifs is 1. The summed E-state index contributed by atoms with van der Waals surface area (Å²) < 4.78 is 14.2. The number of amides is 1. The zero-order valence-corrected chi connectivity index (χ0v) is 16.7. The SMILES string of the molecule is Cc1nc(N)nc2c1C(=O)N(CCC(C)C)[C@@H](c1ccc(F)cc1Br)C2. The lowest BCUT2D eigenvalue weighted by atomic mass is 9.91. The predicted octanol–water partition coefficient (Wildman–Crippen LogP) is 4.05. The van der Waals surface area contributed by atoms with E-state index in [1.165, 1.54) is 12.1 Å². The predicted molar refractivity (Wildman–Crippen MR) is 102 cm³/mol. The van der Waals surface area contributed by atoms with Gasteiger partial charge in [-0.05, 0) is 37.0 Å². The Hall–Kier alpha value is -2.02. The summed E-state index contributed by atoms with van der Waals surface area (Å²) in [4.78, 5) is 23.6. The van der Waals surface area contributed by atoms with E-state index in [4.69, 9.17) is 5.73 Å². The molecule has 2 heterocycles. The molecule has 5 nitrogen and oxygen atoms in total. The van der Waals surface area contributed by atoms with Gasteiger partial charge in [-0.15, -0.1) is 0 Å². The molecule has 7 heteroatoms. The van der Waals surface area contributed by atoms with Crippen LogP contribution in [0.1, 0.15) is 53.6 Å². The van der Waals surface area contributed by atoms with Crippen LogP contribution in [0.4, 0.5) is 10.3 Å². The largest absolute Gasteiger partial charge is 0.368 e. The van der Waals surface area contributed by atoms with E-state index in [0.717, 1.165) is 12.0 Å². The van der Waals surface area contributed by atoms with Crippen molar-refractivity contribution in [3.63, 3.8) is 0 Å². The maximum atomic E-state index is 13.5. The highest BCUT2D eigenvalue weighted by Gasteiger charge is 2.36. The van der Waals surface area contributed by atoms with Crippen molar-refractivity contribution < 1.29 is 9.18 Å². The fourth-order valence-corrected chi connectivity index (χ4v) is 3.98. The first-order chi connectivity index (χ1) is 12.3. The van der Waals surface area contributed by atoms with Gasteiger partial charge in [0.25, 0.3) is 5.91 Å². The first-order valence-corrected chi connectivity index (χ1v) is 9.46. The summed E-state index contributed by atoms with van der Waals surface area (Å²) in [5.74, 6) is 0.219. The Labute approximate surface area is 161 Å². The van der Waals surface area contributed by atoms with Gasteiger partial charge in [-0.1, -0.05) is 35.8 Å². The van der Waals surface area contributed by atoms with E-state index >= 15 is 0 Å². The fraction of sp³-hybridized carbons (Fsp3) is 0.421. The van der Waals surface area contributed by atoms with Gasteiger partial charge in [-0.2, -0.15) is 0 Å². The summed E-state index contributed by atoms with van der Waals surface area (Å²) in [5.41, 5.74) is 8.45. The zero-order chi connectivity index (χ0) is 19.0. The van der Waals surface area contributed by atoms with Crippen LogP contribution < -0.4 is 5.73 Å². The highest BCUT2D eigenvalue weighted by molar-refractivity contribution is 9.10. The number of nitrogen functional groups attached to an aromatic ring is 1. The Kier molecular flexibility index (Phi) is 5.27. The Morgan fingerprint density at radius 3 is 2.77 bits per heavy atom. The standard InChI is InChI=1S/C19H22BrFN4O/c1-10(2)6-7-25-16(13-5-4-12(21)8-14(13)20)9-15-17(18(25)26)11(3)23-19(22)24-15/h4-5,8,10,16H,6-7,9H2,1-3H3,(H2,22,23,24)/t16-/m1/s1. The molecule has 1 aliphatic rings. The molecule has 1 aromatic carbocycles. The van der Waals surface area contributed by atoms with E-state index in [0.29, 0.717) is 40.3 Å². The number of carbonyl (C=O) groups is 1. The van der Waals surface area contributed by atoms with Crippen LogP contribution in [0.5, 0.6) is 0 Å². The number of nitrogens with zero attached hydrogens (tertiary/aromatic N) is 3. The number of carbonyl (C=O) groups excluding carboxylic acids is 1. The van der Waals surface area contributed by atoms with Crippen molar-refractivity contribution in [3.8, 4) is 0 Å². The molecule has 138 valence electrons. The van der Waals surface area contributed by atoms with Gasteiger partial charge in [-0.3, -0.25) is 4.79 Å². The maximum Gasteiger partial charge on any atom is 0.258 e. The van der Waals surface area contributed by atoms with Gasteiger partial charge < -0.3 is 10.6 Å². The molecule has 0 spiro atoms. The molecular weight excluding hydrogens is 399 g/mol. The molecular formula is C19H22BrFN4O. The lowest BCUT2D eigenvalue weighted by molar-refractivity contribution is 0.0631. The molecule has 0 bridgehead atoms. The van der Waals surface area contributed by atoms with Crippen molar-refractivity contribution in [1.29, 1.82) is 0 Å². The summed E-state index contributed by atoms with van der Waals surface area (Å²) in [6.45, 7) is 6.65. The van der Waals surface area contributed by atoms with Gasteiger partial charge in [0.15, 0.2) is 0 Å². The number of aryl methyl sites for hydroxylation is 1. The molecule has 1 aliphatic heterocycles. The maximum absolute atomic E-state index is 13.5. The molecule has 1 atom stereocenters. The summed E-state index contributed by atoms with van der Waals surface area (Å²) in [6.07, 6.45) is 1.40. The van der Waals surface area contributed by atoms with E-state index in [2.05, 4.69) is 39.7 Å². The van der Waals surface area contributed by atoms with Gasteiger partial charge in [0.2, 0.25) is 5.95 Å². The second kappa shape index (κ2) is 7.31. The normalized spacial score (nSPS) is 16.9. The van der Waals surface area contributed by atoms with Crippen LogP contribution in [-0.2, 0) is 6.42 Å². The van der Waals surface area contributed by atoms with Crippen molar-refractivity contribution in [2.45, 2.75) is 39.7 Å². The molecule has 2 aromatic rings. The van der Waals surface area contributed by atoms with Crippen LogP contribution in [0.3, 0.4) is 0 Å². The van der Waals surface area contributed by atoms with Gasteiger partial charge in [-0.25, -0.2) is 14.4 Å². The second-order valence-electron chi connectivity index (χ2n) is 7.06. The lowest BCUT2D eigenvalue weighted by Crippen LogP contribution is -2.42. The van der Waals surface area contributed by atoms with Gasteiger partial charge >= 0.3 is 0 Å². The number of aromatic nitrogens is 2. The highest BCUT2D eigenvalue weighted by Crippen LogP contribution is 2.37. The molecule has 0 unspecified atom stereocenters. The van der Waals surface area contributed by atoms with E-state index in [1.807, 2.05) is 4.90 Å². The Morgan fingerprint density at radius 1 is 1.38 bits per heavy atom. The molecule has 1 aromatic heterocycles. The van der Waals surface area contributed by atoms with Crippen molar-refractivity contribution in [2.24, 2.45) is 5.92 Å². The number of hydrogen-bond donors (Lipinski definition) is 1. The first-order valence-electron chi connectivity index (χ1n) is 8.66. The average Bonchev–Trinajstić information content (AvgIpc) is 2.52. The third-order valence-corrected chi connectivity index (χ3v) is 5.38. The number of benzene rings is 1. The number of hydrogen-bond acceptors (Lipinski definition) is 4. The number of anilines is 1. The van der Waals surface area contributed by atoms with E-state index in [9.17, 15) is 9.18 Å². The first kappa shape index (κ1) is 18.8. The summed E-state index contributed by atoms with van der Waals surface area (Å²) in [6, 6.07) is 4.34. The van der Waals surface area contributed by atoms with E-state index in [-0.39, 0.29) is 23.7 Å². The molecule has 26 heavy (non-hydrogen) atoms. The minimum atomic E-state index is -0.320. The second-order valence-corrected chi connectivity index (χ2v) is 7.91. The van der Waals surface area contributed by atoms with Gasteiger partial charge in [0.1, 0.15) is 5.82 Å². The quantitative estimate of drug-likeness (QED) is 0.809. The number of rotatable bonds is 4. The summed E-state index contributed by atoms with van der Waals surface area (Å²) >= 11 is 3.44. The van der Waals surface area contributed by atoms with Crippen LogP contribution in [0.15, 0.2) is 22.7 Å². The topological polar surface area (TPSA) is 72.1 Å². The smallest absolute Gasteiger partial charge is 0.258 e. The van der Waals surface area contributed by atoms with Crippen molar-refractivity contribution in [2.75, 3.05) is 12.3 Å². The Balaban J connectivity index is 2.09. The monoisotopic (exact) mass is 420 g/mol. The molecule has 0 saturated heterocycles.